The minimum atomic E-state index is -1.28. The van der Waals surface area contributed by atoms with Gasteiger partial charge < -0.3 is 9.47 Å². The number of rotatable bonds is 5. The fourth-order valence-corrected chi connectivity index (χ4v) is 3.25. The zero-order valence-electron chi connectivity index (χ0n) is 14.1. The number of esters is 2. The van der Waals surface area contributed by atoms with Gasteiger partial charge in [-0.05, 0) is 44.7 Å². The molecule has 4 nitrogen and oxygen atoms in total. The molecule has 1 atom stereocenters. The average Bonchev–Trinajstić information content (AvgIpc) is 2.54. The van der Waals surface area contributed by atoms with Crippen molar-refractivity contribution in [2.24, 2.45) is 5.41 Å². The number of benzene rings is 1. The van der Waals surface area contributed by atoms with Crippen LogP contribution in [0.1, 0.15) is 42.9 Å². The van der Waals surface area contributed by atoms with Crippen LogP contribution in [0.3, 0.4) is 0 Å². The molecule has 1 aliphatic rings. The minimum absolute atomic E-state index is 0.0764. The number of carbonyl (C=O) groups excluding carboxylic acids is 2. The number of hydrogen-bond acceptors (Lipinski definition) is 4. The lowest BCUT2D eigenvalue weighted by Crippen LogP contribution is -2.47. The number of hydrogen-bond donors (Lipinski definition) is 0. The van der Waals surface area contributed by atoms with E-state index in [1.807, 2.05) is 19.1 Å². The Hall–Kier alpha value is -2.10. The van der Waals surface area contributed by atoms with Crippen molar-refractivity contribution >= 4 is 11.9 Å². The molecule has 0 heterocycles. The van der Waals surface area contributed by atoms with Crippen molar-refractivity contribution in [1.29, 1.82) is 0 Å². The van der Waals surface area contributed by atoms with E-state index in [1.54, 1.807) is 19.9 Å². The van der Waals surface area contributed by atoms with Crippen LogP contribution in [0.2, 0.25) is 0 Å². The minimum Gasteiger partial charge on any atom is -0.465 e. The lowest BCUT2D eigenvalue weighted by Gasteiger charge is -2.37. The van der Waals surface area contributed by atoms with Crippen LogP contribution in [0.5, 0.6) is 0 Å². The SMILES string of the molecule is C=CC1CC(C(=O)OCC)(C(=O)OCC)Cc2ccc(C)cc21. The largest absolute Gasteiger partial charge is 0.465 e. The molecule has 0 bridgehead atoms. The molecule has 0 N–H and O–H groups in total. The van der Waals surface area contributed by atoms with Crippen LogP contribution < -0.4 is 0 Å². The van der Waals surface area contributed by atoms with Crippen LogP contribution in [-0.4, -0.2) is 25.2 Å². The molecule has 1 aromatic rings. The first-order chi connectivity index (χ1) is 11.0. The van der Waals surface area contributed by atoms with E-state index >= 15 is 0 Å². The van der Waals surface area contributed by atoms with E-state index < -0.39 is 17.4 Å². The predicted octanol–water partition coefficient (Wildman–Crippen LogP) is 3.32. The number of carbonyl (C=O) groups is 2. The molecule has 2 rings (SSSR count). The Morgan fingerprint density at radius 1 is 1.26 bits per heavy atom. The summed E-state index contributed by atoms with van der Waals surface area (Å²) in [4.78, 5) is 25.2. The summed E-state index contributed by atoms with van der Waals surface area (Å²) in [5, 5.41) is 0. The summed E-state index contributed by atoms with van der Waals surface area (Å²) in [5.74, 6) is -1.08. The average molecular weight is 316 g/mol. The summed E-state index contributed by atoms with van der Waals surface area (Å²) in [7, 11) is 0. The zero-order chi connectivity index (χ0) is 17.0. The summed E-state index contributed by atoms with van der Waals surface area (Å²) in [6.07, 6.45) is 2.44. The summed E-state index contributed by atoms with van der Waals surface area (Å²) >= 11 is 0. The van der Waals surface area contributed by atoms with E-state index in [0.29, 0.717) is 12.8 Å². The summed E-state index contributed by atoms with van der Waals surface area (Å²) in [5.41, 5.74) is 1.97. The Morgan fingerprint density at radius 3 is 2.39 bits per heavy atom. The van der Waals surface area contributed by atoms with Crippen molar-refractivity contribution in [3.63, 3.8) is 0 Å². The standard InChI is InChI=1S/C19H24O4/c1-5-14-11-19(17(20)22-6-2,18(21)23-7-3)12-15-9-8-13(4)10-16(14)15/h5,8-10,14H,1,6-7,11-12H2,2-4H3. The first-order valence-corrected chi connectivity index (χ1v) is 8.05. The van der Waals surface area contributed by atoms with E-state index in [2.05, 4.69) is 12.6 Å². The molecule has 0 spiro atoms. The molecular weight excluding hydrogens is 292 g/mol. The van der Waals surface area contributed by atoms with Crippen molar-refractivity contribution in [2.75, 3.05) is 13.2 Å². The molecule has 1 aliphatic carbocycles. The number of allylic oxidation sites excluding steroid dienone is 1. The molecule has 0 amide bonds. The first kappa shape index (κ1) is 17.3. The fourth-order valence-electron chi connectivity index (χ4n) is 3.25. The maximum Gasteiger partial charge on any atom is 0.323 e. The summed E-state index contributed by atoms with van der Waals surface area (Å²) < 4.78 is 10.4. The van der Waals surface area contributed by atoms with Crippen molar-refractivity contribution in [1.82, 2.24) is 0 Å². The topological polar surface area (TPSA) is 52.6 Å². The second kappa shape index (κ2) is 6.99. The monoisotopic (exact) mass is 316 g/mol. The molecule has 0 aliphatic heterocycles. The molecule has 0 saturated heterocycles. The van der Waals surface area contributed by atoms with Gasteiger partial charge in [-0.2, -0.15) is 0 Å². The fraction of sp³-hybridized carbons (Fsp3) is 0.474. The van der Waals surface area contributed by atoms with Gasteiger partial charge in [0.25, 0.3) is 0 Å². The third kappa shape index (κ3) is 3.16. The molecule has 0 radical (unpaired) electrons. The molecule has 1 unspecified atom stereocenters. The predicted molar refractivity (Wildman–Crippen MR) is 88.1 cm³/mol. The normalized spacial score (nSPS) is 18.7. The second-order valence-electron chi connectivity index (χ2n) is 5.95. The van der Waals surface area contributed by atoms with Crippen molar-refractivity contribution in [2.45, 2.75) is 39.5 Å². The van der Waals surface area contributed by atoms with Gasteiger partial charge in [-0.15, -0.1) is 6.58 Å². The smallest absolute Gasteiger partial charge is 0.323 e. The van der Waals surface area contributed by atoms with Gasteiger partial charge in [-0.3, -0.25) is 9.59 Å². The van der Waals surface area contributed by atoms with Crippen LogP contribution in [0.4, 0.5) is 0 Å². The van der Waals surface area contributed by atoms with Crippen LogP contribution in [0.15, 0.2) is 30.9 Å². The molecule has 0 fully saturated rings. The number of ether oxygens (including phenoxy) is 2. The Morgan fingerprint density at radius 2 is 1.87 bits per heavy atom. The lowest BCUT2D eigenvalue weighted by molar-refractivity contribution is -0.173. The molecular formula is C19H24O4. The van der Waals surface area contributed by atoms with E-state index in [9.17, 15) is 9.59 Å². The molecule has 23 heavy (non-hydrogen) atoms. The molecule has 4 heteroatoms. The Kier molecular flexibility index (Phi) is 5.24. The highest BCUT2D eigenvalue weighted by Gasteiger charge is 2.52. The summed E-state index contributed by atoms with van der Waals surface area (Å²) in [6, 6.07) is 6.07. The maximum absolute atomic E-state index is 12.6. The van der Waals surface area contributed by atoms with Crippen LogP contribution >= 0.6 is 0 Å². The molecule has 1 aromatic carbocycles. The second-order valence-corrected chi connectivity index (χ2v) is 5.95. The molecule has 124 valence electrons. The van der Waals surface area contributed by atoms with Gasteiger partial charge in [-0.25, -0.2) is 0 Å². The van der Waals surface area contributed by atoms with E-state index in [4.69, 9.17) is 9.47 Å². The van der Waals surface area contributed by atoms with Crippen LogP contribution in [0.25, 0.3) is 0 Å². The third-order valence-electron chi connectivity index (χ3n) is 4.38. The zero-order valence-corrected chi connectivity index (χ0v) is 14.1. The highest BCUT2D eigenvalue weighted by Crippen LogP contribution is 2.45. The summed E-state index contributed by atoms with van der Waals surface area (Å²) in [6.45, 7) is 9.86. The maximum atomic E-state index is 12.6. The van der Waals surface area contributed by atoms with Gasteiger partial charge in [0.05, 0.1) is 13.2 Å². The van der Waals surface area contributed by atoms with Gasteiger partial charge >= 0.3 is 11.9 Å². The molecule has 0 saturated carbocycles. The number of fused-ring (bicyclic) bond motifs is 1. The first-order valence-electron chi connectivity index (χ1n) is 8.05. The van der Waals surface area contributed by atoms with Crippen LogP contribution in [-0.2, 0) is 25.5 Å². The molecule has 0 aromatic heterocycles. The van der Waals surface area contributed by atoms with E-state index in [0.717, 1.165) is 16.7 Å². The highest BCUT2D eigenvalue weighted by molar-refractivity contribution is 6.01. The van der Waals surface area contributed by atoms with Gasteiger partial charge in [-0.1, -0.05) is 29.8 Å². The van der Waals surface area contributed by atoms with Crippen molar-refractivity contribution in [3.8, 4) is 0 Å². The Balaban J connectivity index is 2.52. The highest BCUT2D eigenvalue weighted by atomic mass is 16.6. The Bertz CT molecular complexity index is 600. The van der Waals surface area contributed by atoms with Crippen LogP contribution in [0, 0.1) is 12.3 Å². The lowest BCUT2D eigenvalue weighted by atomic mass is 9.66. The Labute approximate surface area is 137 Å². The van der Waals surface area contributed by atoms with E-state index in [1.165, 1.54) is 0 Å². The van der Waals surface area contributed by atoms with Gasteiger partial charge in [0.15, 0.2) is 5.41 Å². The van der Waals surface area contributed by atoms with Crippen molar-refractivity contribution in [3.05, 3.63) is 47.5 Å². The van der Waals surface area contributed by atoms with E-state index in [-0.39, 0.29) is 19.1 Å². The van der Waals surface area contributed by atoms with Gasteiger partial charge in [0.2, 0.25) is 0 Å². The number of aryl methyl sites for hydroxylation is 1. The van der Waals surface area contributed by atoms with Crippen molar-refractivity contribution < 1.29 is 19.1 Å². The quantitative estimate of drug-likeness (QED) is 0.475. The van der Waals surface area contributed by atoms with Gasteiger partial charge in [0, 0.05) is 5.92 Å². The van der Waals surface area contributed by atoms with Gasteiger partial charge in [0.1, 0.15) is 0 Å². The third-order valence-corrected chi connectivity index (χ3v) is 4.38.